The minimum absolute atomic E-state index is 0.0122. The standard InChI is InChI=1S/C31H51NO3/c1-19(17-33)21-9-14-31(20(2)32)16-15-29(5)22(26(21)31)7-8-24-27(3)12-11-25(35)28(4,18-34)23(27)10-13-30(24,29)6/h21-26,33-35H,1-2,7-18,32H2,3-6H3/t21-,22?,23+,24+,25-,26+,27-,28-,29+,30+,31+/m0/s1. The van der Waals surface area contributed by atoms with Gasteiger partial charge in [0.15, 0.2) is 0 Å². The largest absolute Gasteiger partial charge is 0.402 e. The Bertz CT molecular complexity index is 902. The molecular weight excluding hydrogens is 434 g/mol. The van der Waals surface area contributed by atoms with E-state index in [0.29, 0.717) is 29.6 Å². The average Bonchev–Trinajstić information content (AvgIpc) is 3.23. The first-order valence-corrected chi connectivity index (χ1v) is 14.4. The summed E-state index contributed by atoms with van der Waals surface area (Å²) in [6.07, 6.45) is 10.6. The Labute approximate surface area is 213 Å². The van der Waals surface area contributed by atoms with Crippen LogP contribution in [0.1, 0.15) is 91.9 Å². The molecule has 0 aliphatic heterocycles. The maximum atomic E-state index is 11.0. The van der Waals surface area contributed by atoms with Crippen LogP contribution in [0.15, 0.2) is 24.4 Å². The summed E-state index contributed by atoms with van der Waals surface area (Å²) < 4.78 is 0. The second kappa shape index (κ2) is 8.08. The summed E-state index contributed by atoms with van der Waals surface area (Å²) in [5.41, 5.74) is 8.62. The molecule has 0 radical (unpaired) electrons. The number of nitrogens with two attached hydrogens (primary N) is 1. The zero-order valence-corrected chi connectivity index (χ0v) is 22.8. The van der Waals surface area contributed by atoms with E-state index in [0.717, 1.165) is 49.8 Å². The van der Waals surface area contributed by atoms with Gasteiger partial charge in [0.05, 0.1) is 19.3 Å². The maximum absolute atomic E-state index is 11.0. The van der Waals surface area contributed by atoms with Gasteiger partial charge < -0.3 is 21.1 Å². The van der Waals surface area contributed by atoms with E-state index >= 15 is 0 Å². The summed E-state index contributed by atoms with van der Waals surface area (Å²) in [6, 6.07) is 0. The van der Waals surface area contributed by atoms with Crippen molar-refractivity contribution in [3.63, 3.8) is 0 Å². The molecule has 0 aromatic rings. The lowest BCUT2D eigenvalue weighted by Gasteiger charge is -2.73. The molecule has 4 nitrogen and oxygen atoms in total. The molecule has 5 fully saturated rings. The van der Waals surface area contributed by atoms with Gasteiger partial charge in [0.25, 0.3) is 0 Å². The van der Waals surface area contributed by atoms with Gasteiger partial charge in [0.2, 0.25) is 0 Å². The third-order valence-corrected chi connectivity index (χ3v) is 13.9. The number of allylic oxidation sites excluding steroid dienone is 1. The summed E-state index contributed by atoms with van der Waals surface area (Å²) in [5, 5.41) is 31.5. The second-order valence-electron chi connectivity index (χ2n) is 14.6. The SMILES string of the molecule is C=C(CO)[C@@H]1CC[C@]2(C(=C)N)CC[C@]3(C)C(CC[C@@H]4[C@@]5(C)CC[C@H](O)[C@@](C)(CO)[C@@H]5CC[C@]43C)[C@@H]12. The van der Waals surface area contributed by atoms with Crippen LogP contribution in [0.3, 0.4) is 0 Å². The van der Waals surface area contributed by atoms with Crippen LogP contribution in [0.4, 0.5) is 0 Å². The van der Waals surface area contributed by atoms with Gasteiger partial charge in [-0.3, -0.25) is 0 Å². The van der Waals surface area contributed by atoms with E-state index in [4.69, 9.17) is 5.73 Å². The molecular formula is C31H51NO3. The monoisotopic (exact) mass is 485 g/mol. The molecule has 5 rings (SSSR count). The normalized spacial score (nSPS) is 55.3. The fraction of sp³-hybridized carbons (Fsp3) is 0.871. The highest BCUT2D eigenvalue weighted by Gasteiger charge is 2.71. The molecule has 0 aromatic heterocycles. The summed E-state index contributed by atoms with van der Waals surface area (Å²) in [7, 11) is 0. The van der Waals surface area contributed by atoms with Crippen LogP contribution in [-0.4, -0.2) is 34.6 Å². The zero-order chi connectivity index (χ0) is 25.6. The first-order chi connectivity index (χ1) is 16.4. The molecule has 5 saturated carbocycles. The summed E-state index contributed by atoms with van der Waals surface area (Å²) in [4.78, 5) is 0. The Hall–Kier alpha value is -0.840. The van der Waals surface area contributed by atoms with Gasteiger partial charge in [0.1, 0.15) is 0 Å². The Kier molecular flexibility index (Phi) is 5.95. The molecule has 0 amide bonds. The molecule has 0 aromatic carbocycles. The fourth-order valence-corrected chi connectivity index (χ4v) is 11.7. The van der Waals surface area contributed by atoms with E-state index in [-0.39, 0.29) is 34.9 Å². The molecule has 5 aliphatic rings. The van der Waals surface area contributed by atoms with E-state index in [1.807, 2.05) is 0 Å². The molecule has 1 unspecified atom stereocenters. The van der Waals surface area contributed by atoms with Crippen molar-refractivity contribution >= 4 is 0 Å². The van der Waals surface area contributed by atoms with Gasteiger partial charge >= 0.3 is 0 Å². The first-order valence-electron chi connectivity index (χ1n) is 14.4. The summed E-state index contributed by atoms with van der Waals surface area (Å²) >= 11 is 0. The number of hydrogen-bond acceptors (Lipinski definition) is 4. The lowest BCUT2D eigenvalue weighted by Crippen LogP contribution is -2.67. The van der Waals surface area contributed by atoms with Crippen LogP contribution >= 0.6 is 0 Å². The Balaban J connectivity index is 1.56. The molecule has 35 heavy (non-hydrogen) atoms. The van der Waals surface area contributed by atoms with Crippen LogP contribution in [-0.2, 0) is 0 Å². The van der Waals surface area contributed by atoms with Gasteiger partial charge in [-0.25, -0.2) is 0 Å². The maximum Gasteiger partial charge on any atom is 0.0641 e. The minimum Gasteiger partial charge on any atom is -0.402 e. The predicted octanol–water partition coefficient (Wildman–Crippen LogP) is 5.42. The highest BCUT2D eigenvalue weighted by molar-refractivity contribution is 5.27. The highest BCUT2D eigenvalue weighted by atomic mass is 16.3. The van der Waals surface area contributed by atoms with Crippen molar-refractivity contribution in [1.82, 2.24) is 0 Å². The van der Waals surface area contributed by atoms with Crippen LogP contribution in [0.2, 0.25) is 0 Å². The minimum atomic E-state index is -0.406. The van der Waals surface area contributed by atoms with Crippen molar-refractivity contribution in [2.24, 2.45) is 62.4 Å². The van der Waals surface area contributed by atoms with Gasteiger partial charge in [-0.15, -0.1) is 0 Å². The molecule has 0 bridgehead atoms. The quantitative estimate of drug-likeness (QED) is 0.400. The smallest absolute Gasteiger partial charge is 0.0641 e. The molecule has 11 atom stereocenters. The topological polar surface area (TPSA) is 86.7 Å². The lowest BCUT2D eigenvalue weighted by molar-refractivity contribution is -0.252. The molecule has 5 N–H and O–H groups in total. The van der Waals surface area contributed by atoms with Gasteiger partial charge in [-0.1, -0.05) is 40.9 Å². The van der Waals surface area contributed by atoms with Crippen LogP contribution in [0, 0.1) is 56.7 Å². The summed E-state index contributed by atoms with van der Waals surface area (Å²) in [5.74, 6) is 2.29. The average molecular weight is 486 g/mol. The van der Waals surface area contributed by atoms with Crippen molar-refractivity contribution < 1.29 is 15.3 Å². The van der Waals surface area contributed by atoms with Crippen molar-refractivity contribution in [2.45, 2.75) is 98.0 Å². The van der Waals surface area contributed by atoms with Gasteiger partial charge in [0, 0.05) is 16.5 Å². The Morgan fingerprint density at radius 3 is 2.17 bits per heavy atom. The predicted molar refractivity (Wildman–Crippen MR) is 141 cm³/mol. The van der Waals surface area contributed by atoms with Gasteiger partial charge in [-0.2, -0.15) is 0 Å². The number of hydrogen-bond donors (Lipinski definition) is 4. The van der Waals surface area contributed by atoms with E-state index in [1.165, 1.54) is 25.7 Å². The number of aliphatic hydroxyl groups is 3. The van der Waals surface area contributed by atoms with E-state index in [9.17, 15) is 15.3 Å². The van der Waals surface area contributed by atoms with E-state index in [1.54, 1.807) is 0 Å². The third kappa shape index (κ3) is 3.03. The van der Waals surface area contributed by atoms with Crippen LogP contribution < -0.4 is 5.73 Å². The fourth-order valence-electron chi connectivity index (χ4n) is 11.7. The van der Waals surface area contributed by atoms with Crippen molar-refractivity contribution in [3.05, 3.63) is 24.4 Å². The van der Waals surface area contributed by atoms with Crippen LogP contribution in [0.25, 0.3) is 0 Å². The molecule has 5 aliphatic carbocycles. The number of fused-ring (bicyclic) bond motifs is 7. The Morgan fingerprint density at radius 1 is 0.829 bits per heavy atom. The van der Waals surface area contributed by atoms with Crippen molar-refractivity contribution in [1.29, 1.82) is 0 Å². The second-order valence-corrected chi connectivity index (χ2v) is 14.6. The molecule has 0 saturated heterocycles. The van der Waals surface area contributed by atoms with Crippen molar-refractivity contribution in [2.75, 3.05) is 13.2 Å². The van der Waals surface area contributed by atoms with E-state index < -0.39 is 11.5 Å². The molecule has 0 spiro atoms. The Morgan fingerprint density at radius 2 is 1.54 bits per heavy atom. The zero-order valence-electron chi connectivity index (χ0n) is 22.8. The molecule has 198 valence electrons. The number of aliphatic hydroxyl groups excluding tert-OH is 3. The number of rotatable bonds is 4. The molecule has 0 heterocycles. The van der Waals surface area contributed by atoms with Crippen LogP contribution in [0.5, 0.6) is 0 Å². The van der Waals surface area contributed by atoms with Gasteiger partial charge in [-0.05, 0) is 116 Å². The first kappa shape index (κ1) is 25.8. The highest BCUT2D eigenvalue weighted by Crippen LogP contribution is 2.77. The summed E-state index contributed by atoms with van der Waals surface area (Å²) in [6.45, 7) is 18.6. The van der Waals surface area contributed by atoms with E-state index in [2.05, 4.69) is 40.9 Å². The van der Waals surface area contributed by atoms with Crippen molar-refractivity contribution in [3.8, 4) is 0 Å². The molecule has 4 heteroatoms. The third-order valence-electron chi connectivity index (χ3n) is 13.9. The lowest BCUT2D eigenvalue weighted by atomic mass is 9.32.